The predicted molar refractivity (Wildman–Crippen MR) is 66.6 cm³/mol. The van der Waals surface area contributed by atoms with Crippen LogP contribution in [0.15, 0.2) is 48.7 Å². The fourth-order valence-electron chi connectivity index (χ4n) is 1.56. The largest absolute Gasteiger partial charge is 0.346 e. The van der Waals surface area contributed by atoms with Gasteiger partial charge in [-0.05, 0) is 31.2 Å². The van der Waals surface area contributed by atoms with E-state index < -0.39 is 0 Å². The van der Waals surface area contributed by atoms with E-state index in [9.17, 15) is 4.79 Å². The number of nitrogens with one attached hydrogen (secondary N) is 1. The minimum Gasteiger partial charge on any atom is -0.346 e. The smallest absolute Gasteiger partial charge is 0.251 e. The Labute approximate surface area is 101 Å². The molecule has 2 aromatic rings. The van der Waals surface area contributed by atoms with Crippen molar-refractivity contribution in [3.63, 3.8) is 0 Å². The molecule has 3 nitrogen and oxygen atoms in total. The maximum Gasteiger partial charge on any atom is 0.251 e. The molecule has 2 rings (SSSR count). The van der Waals surface area contributed by atoms with Crippen molar-refractivity contribution in [2.75, 3.05) is 0 Å². The van der Waals surface area contributed by atoms with Gasteiger partial charge in [-0.2, -0.15) is 0 Å². The molecule has 1 N–H and O–H groups in total. The first-order valence-corrected chi connectivity index (χ1v) is 5.50. The monoisotopic (exact) mass is 226 g/mol. The highest BCUT2D eigenvalue weighted by Crippen LogP contribution is 2.04. The Morgan fingerprint density at radius 3 is 2.82 bits per heavy atom. The zero-order chi connectivity index (χ0) is 12.1. The van der Waals surface area contributed by atoms with Crippen LogP contribution in [-0.2, 0) is 6.54 Å². The average molecular weight is 226 g/mol. The van der Waals surface area contributed by atoms with Crippen LogP contribution in [0, 0.1) is 6.92 Å². The van der Waals surface area contributed by atoms with E-state index in [1.165, 1.54) is 0 Å². The van der Waals surface area contributed by atoms with Crippen molar-refractivity contribution in [2.45, 2.75) is 13.5 Å². The van der Waals surface area contributed by atoms with Gasteiger partial charge in [0.25, 0.3) is 5.91 Å². The van der Waals surface area contributed by atoms with Crippen LogP contribution < -0.4 is 5.32 Å². The van der Waals surface area contributed by atoms with E-state index in [1.54, 1.807) is 12.3 Å². The highest BCUT2D eigenvalue weighted by atomic mass is 16.1. The van der Waals surface area contributed by atoms with E-state index in [4.69, 9.17) is 0 Å². The number of carbonyl (C=O) groups is 1. The summed E-state index contributed by atoms with van der Waals surface area (Å²) in [4.78, 5) is 16.0. The summed E-state index contributed by atoms with van der Waals surface area (Å²) in [5.74, 6) is -0.0700. The summed E-state index contributed by atoms with van der Waals surface area (Å²) in [6, 6.07) is 13.2. The number of rotatable bonds is 3. The Kier molecular flexibility index (Phi) is 3.50. The molecule has 1 amide bonds. The lowest BCUT2D eigenvalue weighted by atomic mass is 10.1. The van der Waals surface area contributed by atoms with Gasteiger partial charge in [-0.3, -0.25) is 9.78 Å². The Balaban J connectivity index is 1.98. The van der Waals surface area contributed by atoms with E-state index in [0.717, 1.165) is 11.3 Å². The number of nitrogens with zero attached hydrogens (tertiary/aromatic N) is 1. The first kappa shape index (κ1) is 11.3. The van der Waals surface area contributed by atoms with E-state index in [1.807, 2.05) is 43.3 Å². The molecule has 0 aliphatic rings. The molecule has 0 aliphatic heterocycles. The molecule has 0 bridgehead atoms. The van der Waals surface area contributed by atoms with Crippen molar-refractivity contribution in [1.82, 2.24) is 10.3 Å². The zero-order valence-electron chi connectivity index (χ0n) is 9.68. The number of hydrogen-bond acceptors (Lipinski definition) is 2. The molecular formula is C14H14N2O. The SMILES string of the molecule is Cc1cccc(C(=O)NCc2ccccn2)c1. The van der Waals surface area contributed by atoms with E-state index >= 15 is 0 Å². The highest BCUT2D eigenvalue weighted by molar-refractivity contribution is 5.94. The second-order valence-corrected chi connectivity index (χ2v) is 3.87. The number of hydrogen-bond donors (Lipinski definition) is 1. The number of aryl methyl sites for hydroxylation is 1. The molecule has 1 heterocycles. The molecule has 1 aromatic carbocycles. The van der Waals surface area contributed by atoms with Crippen LogP contribution in [0.1, 0.15) is 21.6 Å². The lowest BCUT2D eigenvalue weighted by Gasteiger charge is -2.05. The summed E-state index contributed by atoms with van der Waals surface area (Å²) in [7, 11) is 0. The molecule has 1 aromatic heterocycles. The number of benzene rings is 1. The topological polar surface area (TPSA) is 42.0 Å². The van der Waals surface area contributed by atoms with Gasteiger partial charge in [0.05, 0.1) is 12.2 Å². The summed E-state index contributed by atoms with van der Waals surface area (Å²) in [5, 5.41) is 2.84. The molecule has 17 heavy (non-hydrogen) atoms. The normalized spacial score (nSPS) is 9.94. The number of carbonyl (C=O) groups excluding carboxylic acids is 1. The lowest BCUT2D eigenvalue weighted by Crippen LogP contribution is -2.23. The zero-order valence-corrected chi connectivity index (χ0v) is 9.68. The van der Waals surface area contributed by atoms with Gasteiger partial charge in [0, 0.05) is 11.8 Å². The minimum atomic E-state index is -0.0700. The van der Waals surface area contributed by atoms with Gasteiger partial charge in [0.2, 0.25) is 0 Å². The third-order valence-electron chi connectivity index (χ3n) is 2.44. The van der Waals surface area contributed by atoms with Crippen molar-refractivity contribution in [2.24, 2.45) is 0 Å². The standard InChI is InChI=1S/C14H14N2O/c1-11-5-4-6-12(9-11)14(17)16-10-13-7-2-3-8-15-13/h2-9H,10H2,1H3,(H,16,17). The molecule has 3 heteroatoms. The number of amides is 1. The van der Waals surface area contributed by atoms with Crippen LogP contribution in [-0.4, -0.2) is 10.9 Å². The van der Waals surface area contributed by atoms with Crippen molar-refractivity contribution >= 4 is 5.91 Å². The minimum absolute atomic E-state index is 0.0700. The fraction of sp³-hybridized carbons (Fsp3) is 0.143. The molecule has 0 saturated heterocycles. The molecule has 86 valence electrons. The van der Waals surface area contributed by atoms with E-state index in [2.05, 4.69) is 10.3 Å². The Hall–Kier alpha value is -2.16. The average Bonchev–Trinajstić information content (AvgIpc) is 2.37. The van der Waals surface area contributed by atoms with Crippen LogP contribution >= 0.6 is 0 Å². The van der Waals surface area contributed by atoms with Crippen LogP contribution in [0.5, 0.6) is 0 Å². The lowest BCUT2D eigenvalue weighted by molar-refractivity contribution is 0.0950. The maximum atomic E-state index is 11.8. The second kappa shape index (κ2) is 5.25. The van der Waals surface area contributed by atoms with Gasteiger partial charge in [-0.25, -0.2) is 0 Å². The van der Waals surface area contributed by atoms with Crippen LogP contribution in [0.4, 0.5) is 0 Å². The summed E-state index contributed by atoms with van der Waals surface area (Å²) < 4.78 is 0. The highest BCUT2D eigenvalue weighted by Gasteiger charge is 2.04. The van der Waals surface area contributed by atoms with E-state index in [-0.39, 0.29) is 5.91 Å². The van der Waals surface area contributed by atoms with Gasteiger partial charge in [-0.1, -0.05) is 23.8 Å². The molecule has 0 fully saturated rings. The number of pyridine rings is 1. The van der Waals surface area contributed by atoms with Crippen LogP contribution in [0.3, 0.4) is 0 Å². The molecule has 0 atom stereocenters. The Morgan fingerprint density at radius 1 is 1.24 bits per heavy atom. The summed E-state index contributed by atoms with van der Waals surface area (Å²) in [5.41, 5.74) is 2.62. The van der Waals surface area contributed by atoms with Gasteiger partial charge in [-0.15, -0.1) is 0 Å². The van der Waals surface area contributed by atoms with Crippen molar-refractivity contribution < 1.29 is 4.79 Å². The molecule has 0 unspecified atom stereocenters. The van der Waals surface area contributed by atoms with Gasteiger partial charge in [0.1, 0.15) is 0 Å². The Morgan fingerprint density at radius 2 is 2.12 bits per heavy atom. The molecule has 0 spiro atoms. The quantitative estimate of drug-likeness (QED) is 0.872. The second-order valence-electron chi connectivity index (χ2n) is 3.87. The maximum absolute atomic E-state index is 11.8. The Bertz CT molecular complexity index is 509. The first-order chi connectivity index (χ1) is 8.25. The number of aromatic nitrogens is 1. The predicted octanol–water partition coefficient (Wildman–Crippen LogP) is 2.32. The fourth-order valence-corrected chi connectivity index (χ4v) is 1.56. The third kappa shape index (κ3) is 3.14. The van der Waals surface area contributed by atoms with Crippen molar-refractivity contribution in [1.29, 1.82) is 0 Å². The van der Waals surface area contributed by atoms with Crippen molar-refractivity contribution in [3.8, 4) is 0 Å². The van der Waals surface area contributed by atoms with E-state index in [0.29, 0.717) is 12.1 Å². The van der Waals surface area contributed by atoms with Gasteiger partial charge >= 0.3 is 0 Å². The molecular weight excluding hydrogens is 212 g/mol. The third-order valence-corrected chi connectivity index (χ3v) is 2.44. The van der Waals surface area contributed by atoms with Crippen LogP contribution in [0.25, 0.3) is 0 Å². The summed E-state index contributed by atoms with van der Waals surface area (Å²) in [6.45, 7) is 2.42. The van der Waals surface area contributed by atoms with Crippen LogP contribution in [0.2, 0.25) is 0 Å². The van der Waals surface area contributed by atoms with Gasteiger partial charge in [0.15, 0.2) is 0 Å². The molecule has 0 aliphatic carbocycles. The molecule has 0 saturated carbocycles. The molecule has 0 radical (unpaired) electrons. The van der Waals surface area contributed by atoms with Crippen molar-refractivity contribution in [3.05, 3.63) is 65.5 Å². The first-order valence-electron chi connectivity index (χ1n) is 5.50. The summed E-state index contributed by atoms with van der Waals surface area (Å²) >= 11 is 0. The van der Waals surface area contributed by atoms with Gasteiger partial charge < -0.3 is 5.32 Å². The summed E-state index contributed by atoms with van der Waals surface area (Å²) in [6.07, 6.45) is 1.72.